The Morgan fingerprint density at radius 3 is 1.36 bits per heavy atom. The van der Waals surface area contributed by atoms with E-state index in [4.69, 9.17) is 35.8 Å². The molecule has 4 aliphatic heterocycles. The van der Waals surface area contributed by atoms with Crippen molar-refractivity contribution in [1.29, 1.82) is 0 Å². The lowest BCUT2D eigenvalue weighted by Crippen LogP contribution is -2.59. The molecular weight excluding hydrogens is 1280 g/mol. The van der Waals surface area contributed by atoms with Crippen molar-refractivity contribution in [2.24, 2.45) is 0 Å². The van der Waals surface area contributed by atoms with Gasteiger partial charge in [0.05, 0.1) is 70.0 Å². The number of piperazine rings is 2. The van der Waals surface area contributed by atoms with Gasteiger partial charge in [-0.15, -0.1) is 0 Å². The number of aromatic nitrogens is 8. The summed E-state index contributed by atoms with van der Waals surface area (Å²) in [4.78, 5) is 98.9. The summed E-state index contributed by atoms with van der Waals surface area (Å²) in [7, 11) is 0. The molecule has 0 unspecified atom stereocenters. The highest BCUT2D eigenvalue weighted by molar-refractivity contribution is 6.66. The van der Waals surface area contributed by atoms with Crippen molar-refractivity contribution in [3.05, 3.63) is 165 Å². The third-order valence-corrected chi connectivity index (χ3v) is 17.6. The number of benzene rings is 2. The molecule has 12 rings (SSSR count). The van der Waals surface area contributed by atoms with Gasteiger partial charge in [-0.25, -0.2) is 51.0 Å². The number of pyridine rings is 4. The number of carbonyl (C=O) groups excluding carboxylic acids is 3. The summed E-state index contributed by atoms with van der Waals surface area (Å²) in [5.41, 5.74) is 1.82. The molecule has 98 heavy (non-hydrogen) atoms. The van der Waals surface area contributed by atoms with Crippen molar-refractivity contribution in [2.45, 2.75) is 156 Å². The minimum atomic E-state index is -0.787. The Labute approximate surface area is 571 Å². The van der Waals surface area contributed by atoms with Crippen LogP contribution in [0.1, 0.15) is 136 Å². The van der Waals surface area contributed by atoms with E-state index in [2.05, 4.69) is 33.1 Å². The van der Waals surface area contributed by atoms with Crippen LogP contribution in [0.2, 0.25) is 0 Å². The van der Waals surface area contributed by atoms with E-state index >= 15 is 17.6 Å². The average Bonchev–Trinajstić information content (AvgIpc) is 0.819. The summed E-state index contributed by atoms with van der Waals surface area (Å²) in [5.74, 6) is -2.43. The molecule has 0 spiro atoms. The maximum atomic E-state index is 16.3. The molecule has 25 heteroatoms. The Balaban J connectivity index is 0.000000199. The zero-order valence-corrected chi connectivity index (χ0v) is 57.7. The summed E-state index contributed by atoms with van der Waals surface area (Å²) >= 11 is 4.71. The Morgan fingerprint density at radius 2 is 0.990 bits per heavy atom. The van der Waals surface area contributed by atoms with Crippen LogP contribution in [0.15, 0.2) is 108 Å². The molecule has 2 saturated heterocycles. The molecule has 4 bridgehead atoms. The molecule has 2 aromatic carbocycles. The lowest BCUT2D eigenvalue weighted by atomic mass is 10.00. The SMILES string of the molecule is C=CC(=O)Cl.C=CC(=O)N1[C@H](C)CN(c2nc(=O)n3c4nc(c(F)cc24)-c2c(F)cccc2OCCCCc2ccnc(C(C)C)c2-3)C[C@@H]1C.CC(C)c1nccc2c1-n1c(=O)nc(N3C[C@@H](C)N(C(=O)OC(C)(C)C)[C@@H](C)C3)c3cc(F)c(nc31)-c1c(F)cccc1OCCCC2. The van der Waals surface area contributed by atoms with Crippen LogP contribution >= 0.6 is 11.6 Å². The summed E-state index contributed by atoms with van der Waals surface area (Å²) < 4.78 is 84.0. The van der Waals surface area contributed by atoms with Crippen molar-refractivity contribution in [3.63, 3.8) is 0 Å². The standard InChI is InChI=1S/C36H42F2N6O4.C34H36F2N6O3.C3H3ClO/c1-20(2)29-31-23(14-15-39-29)11-8-9-16-47-27-13-10-12-25(37)28(27)30-26(38)17-24-32(41-34(45)44(31)33(24)40-30)42-18-21(3)43(22(4)19-42)35(46)48-36(5,6)7;1-6-27(43)41-20(4)17-40(18-21(41)5)32-23-16-25(36)30-28-24(35)11-9-12-26(28)45-15-8-7-10-22-13-14-37-29(19(2)3)31(22)42(33(23)38-30)34(44)39-32;1-2-3(4)5/h10,12-15,17,20-22H,8-9,11,16,18-19H2,1-7H3;6,9,11-14,16,19-21H,1,7-8,10,15,17-18H2,2-5H3;2H,1H2/t21-,22+;20-,21+;. The van der Waals surface area contributed by atoms with E-state index in [-0.39, 0.29) is 110 Å². The molecule has 2 amide bonds. The van der Waals surface area contributed by atoms with Crippen LogP contribution in [0, 0.1) is 23.3 Å². The zero-order valence-electron chi connectivity index (χ0n) is 57.0. The number of hydrogen-bond donors (Lipinski definition) is 0. The predicted octanol–water partition coefficient (Wildman–Crippen LogP) is 13.3. The number of ether oxygens (including phenoxy) is 3. The fraction of sp³-hybridized carbons (Fsp3) is 0.411. The first-order chi connectivity index (χ1) is 46.6. The summed E-state index contributed by atoms with van der Waals surface area (Å²) in [6.45, 7) is 29.6. The number of aryl methyl sites for hydroxylation is 2. The van der Waals surface area contributed by atoms with Crippen LogP contribution in [0.5, 0.6) is 11.5 Å². The highest BCUT2D eigenvalue weighted by Gasteiger charge is 2.39. The van der Waals surface area contributed by atoms with E-state index in [1.165, 1.54) is 51.6 Å². The topological polar surface area (TPSA) is 213 Å². The second-order valence-corrected chi connectivity index (χ2v) is 27.0. The second-order valence-electron chi connectivity index (χ2n) is 26.6. The molecule has 10 heterocycles. The zero-order chi connectivity index (χ0) is 70.8. The van der Waals surface area contributed by atoms with Crippen molar-refractivity contribution in [2.75, 3.05) is 49.2 Å². The molecule has 2 fully saturated rings. The van der Waals surface area contributed by atoms with E-state index in [1.807, 2.05) is 98.1 Å². The highest BCUT2D eigenvalue weighted by atomic mass is 35.5. The minimum absolute atomic E-state index is 0.0594. The largest absolute Gasteiger partial charge is 0.493 e. The fourth-order valence-electron chi connectivity index (χ4n) is 13.3. The van der Waals surface area contributed by atoms with Gasteiger partial charge in [0.15, 0.2) is 22.9 Å². The predicted molar refractivity (Wildman–Crippen MR) is 370 cm³/mol. The van der Waals surface area contributed by atoms with Gasteiger partial charge in [-0.2, -0.15) is 9.97 Å². The maximum absolute atomic E-state index is 16.3. The van der Waals surface area contributed by atoms with Crippen LogP contribution in [-0.4, -0.2) is 135 Å². The highest BCUT2D eigenvalue weighted by Crippen LogP contribution is 2.41. The second kappa shape index (κ2) is 29.6. The molecule has 0 saturated carbocycles. The molecule has 0 aliphatic carbocycles. The average molecular weight is 1370 g/mol. The molecule has 516 valence electrons. The number of nitrogens with zero attached hydrogens (tertiary/aromatic N) is 12. The molecule has 6 aromatic heterocycles. The lowest BCUT2D eigenvalue weighted by molar-refractivity contribution is -0.130. The van der Waals surface area contributed by atoms with Crippen LogP contribution in [0.25, 0.3) is 56.0 Å². The number of amides is 2. The molecule has 4 aliphatic rings. The fourth-order valence-corrected chi connectivity index (χ4v) is 13.3. The number of halogens is 5. The van der Waals surface area contributed by atoms with Gasteiger partial charge in [0.1, 0.15) is 51.8 Å². The Bertz CT molecular complexity index is 4520. The number of allylic oxidation sites excluding steroid dienone is 1. The number of carbonyl (C=O) groups is 3. The first kappa shape index (κ1) is 71.2. The monoisotopic (exact) mass is 1360 g/mol. The first-order valence-corrected chi connectivity index (χ1v) is 33.3. The lowest BCUT2D eigenvalue weighted by Gasteiger charge is -2.45. The van der Waals surface area contributed by atoms with E-state index in [0.717, 1.165) is 30.0 Å². The normalized spacial score (nSPS) is 17.9. The van der Waals surface area contributed by atoms with E-state index in [9.17, 15) is 24.0 Å². The van der Waals surface area contributed by atoms with Gasteiger partial charge in [0, 0.05) is 50.7 Å². The summed E-state index contributed by atoms with van der Waals surface area (Å²) in [6, 6.07) is 13.9. The van der Waals surface area contributed by atoms with E-state index < -0.39 is 51.6 Å². The van der Waals surface area contributed by atoms with Crippen LogP contribution in [0.4, 0.5) is 34.0 Å². The van der Waals surface area contributed by atoms with Crippen LogP contribution in [-0.2, 0) is 27.2 Å². The molecular formula is C73H81ClF4N12O8. The van der Waals surface area contributed by atoms with E-state index in [0.29, 0.717) is 87.8 Å². The third kappa shape index (κ3) is 14.7. The van der Waals surface area contributed by atoms with E-state index in [1.54, 1.807) is 34.3 Å². The van der Waals surface area contributed by atoms with Crippen LogP contribution < -0.4 is 30.7 Å². The molecule has 20 nitrogen and oxygen atoms in total. The first-order valence-electron chi connectivity index (χ1n) is 33.0. The third-order valence-electron chi connectivity index (χ3n) is 17.5. The molecule has 8 aromatic rings. The van der Waals surface area contributed by atoms with Gasteiger partial charge in [-0.05, 0) is 182 Å². The maximum Gasteiger partial charge on any atom is 0.410 e. The van der Waals surface area contributed by atoms with Crippen molar-refractivity contribution in [1.82, 2.24) is 48.8 Å². The molecule has 0 N–H and O–H groups in total. The minimum Gasteiger partial charge on any atom is -0.493 e. The Morgan fingerprint density at radius 1 is 0.592 bits per heavy atom. The van der Waals surface area contributed by atoms with Crippen molar-refractivity contribution >= 4 is 62.5 Å². The molecule has 0 radical (unpaired) electrons. The number of rotatable bonds is 6. The Hall–Kier alpha value is -9.58. The quantitative estimate of drug-likeness (QED) is 0.0860. The van der Waals surface area contributed by atoms with Crippen LogP contribution in [0.3, 0.4) is 0 Å². The summed E-state index contributed by atoms with van der Waals surface area (Å²) in [5, 5.41) is 0.0566. The summed E-state index contributed by atoms with van der Waals surface area (Å²) in [6.07, 6.45) is 9.34. The van der Waals surface area contributed by atoms with Gasteiger partial charge in [0.2, 0.25) is 11.1 Å². The van der Waals surface area contributed by atoms with Gasteiger partial charge >= 0.3 is 17.5 Å². The molecule has 4 atom stereocenters. The van der Waals surface area contributed by atoms with Gasteiger partial charge in [-0.1, -0.05) is 53.0 Å². The number of fused-ring (bicyclic) bond motifs is 10. The number of hydrogen-bond acceptors (Lipinski definition) is 16. The van der Waals surface area contributed by atoms with Crippen molar-refractivity contribution in [3.8, 4) is 45.4 Å². The number of anilines is 2. The smallest absolute Gasteiger partial charge is 0.410 e. The van der Waals surface area contributed by atoms with Gasteiger partial charge < -0.3 is 28.9 Å². The van der Waals surface area contributed by atoms with Crippen molar-refractivity contribution < 1.29 is 46.2 Å². The Kier molecular flexibility index (Phi) is 21.5. The van der Waals surface area contributed by atoms with Gasteiger partial charge in [-0.3, -0.25) is 24.5 Å². The van der Waals surface area contributed by atoms with Gasteiger partial charge in [0.25, 0.3) is 0 Å².